The van der Waals surface area contributed by atoms with Crippen LogP contribution in [-0.2, 0) is 0 Å². The molecule has 0 bridgehead atoms. The summed E-state index contributed by atoms with van der Waals surface area (Å²) < 4.78 is 2.11. The SMILES string of the molecule is CNCCSc1nnc(SC)s1. The molecule has 1 rings (SSSR count). The number of nitrogens with zero attached hydrogens (tertiary/aromatic N) is 2. The molecule has 6 heteroatoms. The second kappa shape index (κ2) is 5.80. The van der Waals surface area contributed by atoms with Crippen molar-refractivity contribution in [1.29, 1.82) is 0 Å². The Kier molecular flexibility index (Phi) is 4.98. The monoisotopic (exact) mass is 221 g/mol. The highest BCUT2D eigenvalue weighted by atomic mass is 32.2. The van der Waals surface area contributed by atoms with Crippen LogP contribution in [0, 0.1) is 0 Å². The molecule has 0 fully saturated rings. The van der Waals surface area contributed by atoms with E-state index in [0.717, 1.165) is 21.0 Å². The number of hydrogen-bond donors (Lipinski definition) is 1. The molecule has 0 aliphatic rings. The van der Waals surface area contributed by atoms with Crippen LogP contribution in [-0.4, -0.2) is 35.8 Å². The summed E-state index contributed by atoms with van der Waals surface area (Å²) >= 11 is 5.05. The Morgan fingerprint density at radius 1 is 1.42 bits per heavy atom. The number of rotatable bonds is 5. The van der Waals surface area contributed by atoms with Gasteiger partial charge in [0.2, 0.25) is 0 Å². The van der Waals surface area contributed by atoms with Crippen LogP contribution in [0.3, 0.4) is 0 Å². The van der Waals surface area contributed by atoms with Crippen LogP contribution in [0.5, 0.6) is 0 Å². The second-order valence-corrected chi connectivity index (χ2v) is 5.36. The molecule has 0 radical (unpaired) electrons. The van der Waals surface area contributed by atoms with E-state index < -0.39 is 0 Å². The quantitative estimate of drug-likeness (QED) is 0.603. The Morgan fingerprint density at radius 2 is 2.17 bits per heavy atom. The van der Waals surface area contributed by atoms with Crippen LogP contribution >= 0.6 is 34.9 Å². The lowest BCUT2D eigenvalue weighted by Crippen LogP contribution is -2.09. The second-order valence-electron chi connectivity index (χ2n) is 1.99. The molecule has 68 valence electrons. The van der Waals surface area contributed by atoms with Gasteiger partial charge in [-0.25, -0.2) is 0 Å². The highest BCUT2D eigenvalue weighted by Gasteiger charge is 2.01. The first kappa shape index (κ1) is 10.3. The molecule has 1 aromatic heterocycles. The van der Waals surface area contributed by atoms with E-state index in [-0.39, 0.29) is 0 Å². The first-order valence-corrected chi connectivity index (χ1v) is 6.54. The van der Waals surface area contributed by atoms with Gasteiger partial charge in [-0.3, -0.25) is 0 Å². The zero-order valence-corrected chi connectivity index (χ0v) is 9.48. The van der Waals surface area contributed by atoms with Crippen LogP contribution in [0.15, 0.2) is 8.68 Å². The third-order valence-electron chi connectivity index (χ3n) is 1.14. The van der Waals surface area contributed by atoms with E-state index in [9.17, 15) is 0 Å². The molecule has 0 amide bonds. The lowest BCUT2D eigenvalue weighted by Gasteiger charge is -1.93. The largest absolute Gasteiger partial charge is 0.319 e. The lowest BCUT2D eigenvalue weighted by atomic mass is 10.8. The van der Waals surface area contributed by atoms with Gasteiger partial charge in [0.15, 0.2) is 8.68 Å². The van der Waals surface area contributed by atoms with E-state index in [1.807, 2.05) is 13.3 Å². The molecule has 0 spiro atoms. The van der Waals surface area contributed by atoms with E-state index in [1.54, 1.807) is 34.9 Å². The molecule has 3 nitrogen and oxygen atoms in total. The summed E-state index contributed by atoms with van der Waals surface area (Å²) in [6, 6.07) is 0. The molecule has 0 saturated carbocycles. The van der Waals surface area contributed by atoms with E-state index in [2.05, 4.69) is 15.5 Å². The fraction of sp³-hybridized carbons (Fsp3) is 0.667. The van der Waals surface area contributed by atoms with Crippen molar-refractivity contribution in [3.63, 3.8) is 0 Å². The summed E-state index contributed by atoms with van der Waals surface area (Å²) in [7, 11) is 1.95. The molecule has 1 aromatic rings. The minimum atomic E-state index is 1.01. The van der Waals surface area contributed by atoms with E-state index in [4.69, 9.17) is 0 Å². The maximum Gasteiger partial charge on any atom is 0.175 e. The number of aromatic nitrogens is 2. The first-order valence-electron chi connectivity index (χ1n) is 3.51. The Morgan fingerprint density at radius 3 is 2.75 bits per heavy atom. The molecule has 12 heavy (non-hydrogen) atoms. The first-order chi connectivity index (χ1) is 5.86. The average molecular weight is 221 g/mol. The molecule has 0 aliphatic carbocycles. The lowest BCUT2D eigenvalue weighted by molar-refractivity contribution is 0.870. The highest BCUT2D eigenvalue weighted by Crippen LogP contribution is 2.26. The van der Waals surface area contributed by atoms with Gasteiger partial charge in [0.05, 0.1) is 0 Å². The molecular weight excluding hydrogens is 210 g/mol. The fourth-order valence-corrected chi connectivity index (χ4v) is 3.04. The normalized spacial score (nSPS) is 10.5. The van der Waals surface area contributed by atoms with Gasteiger partial charge in [-0.2, -0.15) is 0 Å². The van der Waals surface area contributed by atoms with Crippen molar-refractivity contribution in [2.45, 2.75) is 8.68 Å². The van der Waals surface area contributed by atoms with Gasteiger partial charge in [-0.05, 0) is 13.3 Å². The van der Waals surface area contributed by atoms with Crippen molar-refractivity contribution in [2.75, 3.05) is 25.6 Å². The van der Waals surface area contributed by atoms with Crippen molar-refractivity contribution in [3.05, 3.63) is 0 Å². The maximum atomic E-state index is 4.04. The summed E-state index contributed by atoms with van der Waals surface area (Å²) in [5.41, 5.74) is 0. The summed E-state index contributed by atoms with van der Waals surface area (Å²) in [6.07, 6.45) is 2.02. The molecule has 0 unspecified atom stereocenters. The van der Waals surface area contributed by atoms with E-state index >= 15 is 0 Å². The zero-order valence-electron chi connectivity index (χ0n) is 7.03. The van der Waals surface area contributed by atoms with Gasteiger partial charge in [-0.15, -0.1) is 10.2 Å². The van der Waals surface area contributed by atoms with Crippen LogP contribution in [0.4, 0.5) is 0 Å². The Hall–Kier alpha value is 0.220. The highest BCUT2D eigenvalue weighted by molar-refractivity contribution is 8.02. The van der Waals surface area contributed by atoms with Crippen molar-refractivity contribution in [3.8, 4) is 0 Å². The van der Waals surface area contributed by atoms with Crippen molar-refractivity contribution in [2.24, 2.45) is 0 Å². The van der Waals surface area contributed by atoms with Gasteiger partial charge < -0.3 is 5.32 Å². The van der Waals surface area contributed by atoms with Crippen LogP contribution < -0.4 is 5.32 Å². The van der Waals surface area contributed by atoms with E-state index in [0.29, 0.717) is 0 Å². The maximum absolute atomic E-state index is 4.04. The average Bonchev–Trinajstić information content (AvgIpc) is 2.53. The predicted octanol–water partition coefficient (Wildman–Crippen LogP) is 1.57. The minimum absolute atomic E-state index is 1.01. The van der Waals surface area contributed by atoms with Crippen molar-refractivity contribution >= 4 is 34.9 Å². The van der Waals surface area contributed by atoms with E-state index in [1.165, 1.54) is 0 Å². The van der Waals surface area contributed by atoms with Crippen LogP contribution in [0.2, 0.25) is 0 Å². The predicted molar refractivity (Wildman–Crippen MR) is 56.3 cm³/mol. The standard InChI is InChI=1S/C6H11N3S3/c1-7-3-4-11-6-9-8-5(10-2)12-6/h7H,3-4H2,1-2H3. The van der Waals surface area contributed by atoms with Gasteiger partial charge in [-0.1, -0.05) is 34.9 Å². The number of nitrogens with one attached hydrogen (secondary N) is 1. The van der Waals surface area contributed by atoms with Crippen LogP contribution in [0.25, 0.3) is 0 Å². The summed E-state index contributed by atoms with van der Waals surface area (Å²) in [5, 5.41) is 11.1. The number of hydrogen-bond acceptors (Lipinski definition) is 6. The van der Waals surface area contributed by atoms with Crippen molar-refractivity contribution in [1.82, 2.24) is 15.5 Å². The van der Waals surface area contributed by atoms with Gasteiger partial charge >= 0.3 is 0 Å². The van der Waals surface area contributed by atoms with Crippen molar-refractivity contribution < 1.29 is 0 Å². The minimum Gasteiger partial charge on any atom is -0.319 e. The molecule has 1 heterocycles. The molecule has 0 aromatic carbocycles. The molecule has 0 atom stereocenters. The molecular formula is C6H11N3S3. The summed E-state index contributed by atoms with van der Waals surface area (Å²) in [4.78, 5) is 0. The Bertz CT molecular complexity index is 226. The topological polar surface area (TPSA) is 37.8 Å². The van der Waals surface area contributed by atoms with Crippen LogP contribution in [0.1, 0.15) is 0 Å². The third kappa shape index (κ3) is 3.30. The van der Waals surface area contributed by atoms with Gasteiger partial charge in [0.25, 0.3) is 0 Å². The zero-order chi connectivity index (χ0) is 8.81. The Labute approximate surface area is 84.7 Å². The molecule has 0 saturated heterocycles. The summed E-state index contributed by atoms with van der Waals surface area (Å²) in [6.45, 7) is 1.01. The fourth-order valence-electron chi connectivity index (χ4n) is 0.578. The number of thioether (sulfide) groups is 2. The molecule has 0 aliphatic heterocycles. The van der Waals surface area contributed by atoms with Gasteiger partial charge in [0.1, 0.15) is 0 Å². The summed E-state index contributed by atoms with van der Waals surface area (Å²) in [5.74, 6) is 1.06. The molecule has 1 N–H and O–H groups in total. The smallest absolute Gasteiger partial charge is 0.175 e. The van der Waals surface area contributed by atoms with Gasteiger partial charge in [0, 0.05) is 12.3 Å². The Balaban J connectivity index is 2.31. The third-order valence-corrected chi connectivity index (χ3v) is 4.17.